The number of pyridine rings is 1. The van der Waals surface area contributed by atoms with Gasteiger partial charge in [0.25, 0.3) is 0 Å². The largest absolute Gasteiger partial charge is 0.456 e. The van der Waals surface area contributed by atoms with Gasteiger partial charge in [-0.2, -0.15) is 0 Å². The van der Waals surface area contributed by atoms with Crippen LogP contribution in [0, 0.1) is 0 Å². The molecule has 1 aromatic heterocycles. The first kappa shape index (κ1) is 28.3. The summed E-state index contributed by atoms with van der Waals surface area (Å²) in [5.41, 5.74) is 12.2. The van der Waals surface area contributed by atoms with E-state index in [1.54, 1.807) is 0 Å². The average Bonchev–Trinajstić information content (AvgIpc) is 3.37. The third-order valence-corrected chi connectivity index (χ3v) is 9.99. The lowest BCUT2D eigenvalue weighted by Crippen LogP contribution is -2.14. The Kier molecular flexibility index (Phi) is 6.51. The predicted octanol–water partition coefficient (Wildman–Crippen LogP) is 12.5. The summed E-state index contributed by atoms with van der Waals surface area (Å²) in [5.74, 6) is 1.63. The predicted molar refractivity (Wildman–Crippen MR) is 200 cm³/mol. The zero-order chi connectivity index (χ0) is 32.2. The van der Waals surface area contributed by atoms with Crippen molar-refractivity contribution in [2.75, 3.05) is 0 Å². The van der Waals surface area contributed by atoms with Crippen molar-refractivity contribution in [3.8, 4) is 56.0 Å². The number of hydrogen-bond donors (Lipinski definition) is 0. The number of nitrogens with zero attached hydrogens (tertiary/aromatic N) is 1. The fourth-order valence-corrected chi connectivity index (χ4v) is 7.63. The van der Waals surface area contributed by atoms with Crippen LogP contribution in [-0.2, 0) is 5.41 Å². The van der Waals surface area contributed by atoms with Crippen molar-refractivity contribution in [2.45, 2.75) is 19.3 Å². The molecule has 1 aliphatic rings. The maximum atomic E-state index is 7.04. The van der Waals surface area contributed by atoms with Crippen molar-refractivity contribution in [3.63, 3.8) is 0 Å². The molecule has 1 heterocycles. The van der Waals surface area contributed by atoms with Gasteiger partial charge in [0.15, 0.2) is 0 Å². The monoisotopic (exact) mass is 615 g/mol. The van der Waals surface area contributed by atoms with E-state index in [9.17, 15) is 0 Å². The molecule has 2 heteroatoms. The maximum Gasteiger partial charge on any atom is 0.143 e. The first-order chi connectivity index (χ1) is 23.6. The lowest BCUT2D eigenvalue weighted by molar-refractivity contribution is 0.494. The molecule has 0 fully saturated rings. The molecule has 48 heavy (non-hydrogen) atoms. The van der Waals surface area contributed by atoms with Crippen molar-refractivity contribution >= 4 is 21.5 Å². The van der Waals surface area contributed by atoms with Crippen LogP contribution >= 0.6 is 0 Å². The minimum atomic E-state index is -0.0882. The van der Waals surface area contributed by atoms with E-state index < -0.39 is 0 Å². The Hall–Kier alpha value is -5.99. The van der Waals surface area contributed by atoms with Crippen molar-refractivity contribution in [1.29, 1.82) is 0 Å². The van der Waals surface area contributed by atoms with Crippen molar-refractivity contribution < 1.29 is 4.74 Å². The molecule has 0 N–H and O–H groups in total. The molecule has 2 nitrogen and oxygen atoms in total. The lowest BCUT2D eigenvalue weighted by atomic mass is 9.81. The lowest BCUT2D eigenvalue weighted by Gasteiger charge is -2.23. The van der Waals surface area contributed by atoms with E-state index >= 15 is 0 Å². The molecule has 0 saturated carbocycles. The Morgan fingerprint density at radius 3 is 1.79 bits per heavy atom. The SMILES string of the molecule is CC1(C)c2ccccc2-c2ccc(-c3c4ccccc4c(Oc4cc(-c5ccccc5)cc(-c5ccccc5)c4)c4ccncc34)cc21. The van der Waals surface area contributed by atoms with Crippen LogP contribution in [0.5, 0.6) is 11.5 Å². The van der Waals surface area contributed by atoms with Gasteiger partial charge in [-0.3, -0.25) is 4.98 Å². The summed E-state index contributed by atoms with van der Waals surface area (Å²) >= 11 is 0. The van der Waals surface area contributed by atoms with Crippen molar-refractivity contribution in [2.24, 2.45) is 0 Å². The van der Waals surface area contributed by atoms with Crippen LogP contribution in [0.3, 0.4) is 0 Å². The van der Waals surface area contributed by atoms with E-state index in [0.29, 0.717) is 0 Å². The molecular formula is C46H33NO. The summed E-state index contributed by atoms with van der Waals surface area (Å²) in [5, 5.41) is 4.32. The zero-order valence-electron chi connectivity index (χ0n) is 26.9. The van der Waals surface area contributed by atoms with Crippen LogP contribution in [0.4, 0.5) is 0 Å². The molecule has 8 aromatic rings. The number of aromatic nitrogens is 1. The average molecular weight is 616 g/mol. The third kappa shape index (κ3) is 4.52. The number of rotatable bonds is 5. The second-order valence-electron chi connectivity index (χ2n) is 13.2. The Morgan fingerprint density at radius 1 is 0.458 bits per heavy atom. The van der Waals surface area contributed by atoms with Crippen LogP contribution in [0.2, 0.25) is 0 Å². The van der Waals surface area contributed by atoms with E-state index in [-0.39, 0.29) is 5.41 Å². The molecule has 228 valence electrons. The number of fused-ring (bicyclic) bond motifs is 5. The summed E-state index contributed by atoms with van der Waals surface area (Å²) in [6, 6.07) is 54.1. The summed E-state index contributed by atoms with van der Waals surface area (Å²) in [7, 11) is 0. The fourth-order valence-electron chi connectivity index (χ4n) is 7.63. The number of benzene rings is 7. The minimum absolute atomic E-state index is 0.0882. The zero-order valence-corrected chi connectivity index (χ0v) is 26.9. The van der Waals surface area contributed by atoms with E-state index in [1.807, 2.05) is 12.4 Å². The van der Waals surface area contributed by atoms with Crippen LogP contribution in [-0.4, -0.2) is 4.98 Å². The van der Waals surface area contributed by atoms with Crippen LogP contribution in [0.25, 0.3) is 66.1 Å². The van der Waals surface area contributed by atoms with E-state index in [0.717, 1.165) is 55.3 Å². The standard InChI is InChI=1S/C46H33NO/c1-46(2)42-20-12-11-17-36(42)37-22-21-32(28-43(37)46)44-38-18-9-10-19-39(38)45(40-23-24-47-29-41(40)44)48-35-26-33(30-13-5-3-6-14-30)25-34(27-35)31-15-7-4-8-16-31/h3-29H,1-2H3. The third-order valence-electron chi connectivity index (χ3n) is 9.99. The van der Waals surface area contributed by atoms with Gasteiger partial charge in [0.2, 0.25) is 0 Å². The summed E-state index contributed by atoms with van der Waals surface area (Å²) in [4.78, 5) is 4.64. The fraction of sp³-hybridized carbons (Fsp3) is 0.0652. The molecule has 0 aliphatic heterocycles. The first-order valence-electron chi connectivity index (χ1n) is 16.5. The highest BCUT2D eigenvalue weighted by molar-refractivity contribution is 6.17. The van der Waals surface area contributed by atoms with Gasteiger partial charge >= 0.3 is 0 Å². The van der Waals surface area contributed by atoms with Gasteiger partial charge in [0.05, 0.1) is 0 Å². The molecule has 0 amide bonds. The van der Waals surface area contributed by atoms with Crippen LogP contribution < -0.4 is 4.74 Å². The molecule has 9 rings (SSSR count). The van der Waals surface area contributed by atoms with E-state index in [2.05, 4.69) is 170 Å². The molecule has 0 radical (unpaired) electrons. The first-order valence-corrected chi connectivity index (χ1v) is 16.5. The van der Waals surface area contributed by atoms with Gasteiger partial charge in [-0.15, -0.1) is 0 Å². The van der Waals surface area contributed by atoms with E-state index in [4.69, 9.17) is 4.74 Å². The topological polar surface area (TPSA) is 22.1 Å². The second kappa shape index (κ2) is 11.1. The van der Waals surface area contributed by atoms with E-state index in [1.165, 1.54) is 33.4 Å². The Morgan fingerprint density at radius 2 is 1.06 bits per heavy atom. The van der Waals surface area contributed by atoms with Gasteiger partial charge < -0.3 is 4.74 Å². The highest BCUT2D eigenvalue weighted by Crippen LogP contribution is 2.51. The highest BCUT2D eigenvalue weighted by Gasteiger charge is 2.35. The van der Waals surface area contributed by atoms with Gasteiger partial charge in [0.1, 0.15) is 11.5 Å². The molecule has 7 aromatic carbocycles. The van der Waals surface area contributed by atoms with Crippen molar-refractivity contribution in [3.05, 3.63) is 175 Å². The molecular weight excluding hydrogens is 583 g/mol. The van der Waals surface area contributed by atoms with Gasteiger partial charge in [0, 0.05) is 34.0 Å². The van der Waals surface area contributed by atoms with Gasteiger partial charge in [-0.05, 0) is 91.4 Å². The summed E-state index contributed by atoms with van der Waals surface area (Å²) in [6.07, 6.45) is 3.86. The normalized spacial score (nSPS) is 13.0. The summed E-state index contributed by atoms with van der Waals surface area (Å²) in [6.45, 7) is 4.67. The molecule has 0 atom stereocenters. The minimum Gasteiger partial charge on any atom is -0.456 e. The van der Waals surface area contributed by atoms with Crippen molar-refractivity contribution in [1.82, 2.24) is 4.98 Å². The molecule has 0 spiro atoms. The second-order valence-corrected chi connectivity index (χ2v) is 13.2. The smallest absolute Gasteiger partial charge is 0.143 e. The van der Waals surface area contributed by atoms with Gasteiger partial charge in [-0.25, -0.2) is 0 Å². The number of ether oxygens (including phenoxy) is 1. The molecule has 0 saturated heterocycles. The number of hydrogen-bond acceptors (Lipinski definition) is 2. The van der Waals surface area contributed by atoms with Crippen LogP contribution in [0.15, 0.2) is 164 Å². The highest BCUT2D eigenvalue weighted by atomic mass is 16.5. The Labute approximate surface area is 281 Å². The quantitative estimate of drug-likeness (QED) is 0.180. The molecule has 1 aliphatic carbocycles. The summed E-state index contributed by atoms with van der Waals surface area (Å²) < 4.78 is 7.04. The molecule has 0 bridgehead atoms. The molecule has 0 unspecified atom stereocenters. The van der Waals surface area contributed by atoms with Gasteiger partial charge in [-0.1, -0.05) is 135 Å². The maximum absolute atomic E-state index is 7.04. The Bertz CT molecular complexity index is 2380. The van der Waals surface area contributed by atoms with Crippen LogP contribution in [0.1, 0.15) is 25.0 Å². The Balaban J connectivity index is 1.24.